The van der Waals surface area contributed by atoms with Gasteiger partial charge in [-0.25, -0.2) is 9.50 Å². The molecule has 29 heavy (non-hydrogen) atoms. The zero-order valence-corrected chi connectivity index (χ0v) is 15.5. The predicted octanol–water partition coefficient (Wildman–Crippen LogP) is -0.137. The molecular formula is C18H13F3LiN3O4. The van der Waals surface area contributed by atoms with Crippen LogP contribution < -0.4 is 33.4 Å². The molecule has 3 rings (SSSR count). The fraction of sp³-hybridized carbons (Fsp3) is 0.167. The third kappa shape index (κ3) is 5.10. The first-order valence-electron chi connectivity index (χ1n) is 7.88. The molecule has 146 valence electrons. The van der Waals surface area contributed by atoms with Gasteiger partial charge in [0.2, 0.25) is 0 Å². The van der Waals surface area contributed by atoms with Crippen LogP contribution in [-0.2, 0) is 0 Å². The minimum Gasteiger partial charge on any atom is -0.543 e. The second-order valence-corrected chi connectivity index (χ2v) is 5.80. The standard InChI is InChI=1S/C18H14F3N3O4.Li/c1-10(2)14-12-8-11(5-7-24(12)23-15(14)17(25)26)28-16-13(4-3-6-22-16)27-9-18(19,20)21;/h3-8H,1,9H2,2H3,(H,25,26);/q;+1/p-1. The van der Waals surface area contributed by atoms with Crippen molar-refractivity contribution in [2.24, 2.45) is 0 Å². The molecule has 0 unspecified atom stereocenters. The molecule has 0 saturated carbocycles. The third-order valence-corrected chi connectivity index (χ3v) is 3.57. The quantitative estimate of drug-likeness (QED) is 0.537. The summed E-state index contributed by atoms with van der Waals surface area (Å²) in [5, 5.41) is 15.2. The molecule has 0 aliphatic rings. The number of rotatable bonds is 6. The first kappa shape index (κ1) is 22.3. The number of allylic oxidation sites excluding steroid dienone is 1. The van der Waals surface area contributed by atoms with Gasteiger partial charge in [-0.2, -0.15) is 18.3 Å². The molecule has 0 aliphatic heterocycles. The van der Waals surface area contributed by atoms with Gasteiger partial charge in [-0.05, 0) is 30.7 Å². The molecule has 11 heteroatoms. The number of carbonyl (C=O) groups is 1. The number of halogens is 3. The van der Waals surface area contributed by atoms with E-state index in [0.717, 1.165) is 0 Å². The van der Waals surface area contributed by atoms with Crippen molar-refractivity contribution in [3.63, 3.8) is 0 Å². The number of ether oxygens (including phenoxy) is 2. The summed E-state index contributed by atoms with van der Waals surface area (Å²) in [4.78, 5) is 15.2. The van der Waals surface area contributed by atoms with Crippen molar-refractivity contribution in [3.8, 4) is 17.4 Å². The number of carboxylic acids is 1. The Morgan fingerprint density at radius 1 is 1.34 bits per heavy atom. The van der Waals surface area contributed by atoms with Crippen LogP contribution in [0.2, 0.25) is 0 Å². The molecule has 0 radical (unpaired) electrons. The summed E-state index contributed by atoms with van der Waals surface area (Å²) in [5.74, 6) is -1.64. The maximum Gasteiger partial charge on any atom is 1.00 e. The molecule has 0 bridgehead atoms. The van der Waals surface area contributed by atoms with Crippen LogP contribution in [0.25, 0.3) is 11.1 Å². The van der Waals surface area contributed by atoms with E-state index in [9.17, 15) is 23.1 Å². The minimum atomic E-state index is -4.51. The predicted molar refractivity (Wildman–Crippen MR) is 90.1 cm³/mol. The number of hydrogen-bond donors (Lipinski definition) is 0. The van der Waals surface area contributed by atoms with Gasteiger partial charge < -0.3 is 19.4 Å². The van der Waals surface area contributed by atoms with Gasteiger partial charge in [-0.15, -0.1) is 0 Å². The number of hydrogen-bond acceptors (Lipinski definition) is 6. The van der Waals surface area contributed by atoms with Crippen molar-refractivity contribution in [1.29, 1.82) is 0 Å². The molecule has 0 atom stereocenters. The fourth-order valence-corrected chi connectivity index (χ4v) is 2.49. The Labute approximate surface area is 174 Å². The average Bonchev–Trinajstić information content (AvgIpc) is 2.99. The Morgan fingerprint density at radius 3 is 2.69 bits per heavy atom. The van der Waals surface area contributed by atoms with Crippen molar-refractivity contribution in [2.75, 3.05) is 6.61 Å². The van der Waals surface area contributed by atoms with E-state index in [4.69, 9.17) is 9.47 Å². The van der Waals surface area contributed by atoms with Crippen LogP contribution in [0.4, 0.5) is 13.2 Å². The summed E-state index contributed by atoms with van der Waals surface area (Å²) in [7, 11) is 0. The van der Waals surface area contributed by atoms with Crippen molar-refractivity contribution < 1.29 is 51.4 Å². The zero-order valence-electron chi connectivity index (χ0n) is 15.5. The Balaban J connectivity index is 0.00000300. The number of aromatic nitrogens is 3. The number of nitrogens with zero attached hydrogens (tertiary/aromatic N) is 3. The number of carbonyl (C=O) groups excluding carboxylic acids is 1. The number of pyridine rings is 2. The van der Waals surface area contributed by atoms with Gasteiger partial charge in [0.25, 0.3) is 5.88 Å². The second-order valence-electron chi connectivity index (χ2n) is 5.80. The van der Waals surface area contributed by atoms with Crippen LogP contribution in [0.1, 0.15) is 23.0 Å². The molecule has 0 spiro atoms. The van der Waals surface area contributed by atoms with E-state index >= 15 is 0 Å². The summed E-state index contributed by atoms with van der Waals surface area (Å²) >= 11 is 0. The minimum absolute atomic E-state index is 0. The largest absolute Gasteiger partial charge is 1.00 e. The van der Waals surface area contributed by atoms with E-state index < -0.39 is 18.8 Å². The van der Waals surface area contributed by atoms with Crippen molar-refractivity contribution >= 4 is 17.1 Å². The van der Waals surface area contributed by atoms with Crippen LogP contribution in [0.5, 0.6) is 17.4 Å². The Bertz CT molecular complexity index is 1070. The number of alkyl halides is 3. The Kier molecular flexibility index (Phi) is 6.61. The third-order valence-electron chi connectivity index (χ3n) is 3.57. The van der Waals surface area contributed by atoms with Gasteiger partial charge in [0.1, 0.15) is 11.4 Å². The van der Waals surface area contributed by atoms with Crippen molar-refractivity contribution in [2.45, 2.75) is 13.1 Å². The molecule has 0 saturated heterocycles. The summed E-state index contributed by atoms with van der Waals surface area (Å²) in [5.41, 5.74) is 0.799. The molecule has 0 aromatic carbocycles. The van der Waals surface area contributed by atoms with E-state index in [1.165, 1.54) is 41.2 Å². The van der Waals surface area contributed by atoms with Gasteiger partial charge in [0.15, 0.2) is 12.4 Å². The molecular weight excluding hydrogens is 386 g/mol. The number of carboxylic acid groups (broad SMARTS) is 1. The van der Waals surface area contributed by atoms with Crippen LogP contribution in [0.15, 0.2) is 43.2 Å². The second kappa shape index (κ2) is 8.59. The normalized spacial score (nSPS) is 11.0. The molecule has 3 aromatic rings. The van der Waals surface area contributed by atoms with E-state index in [0.29, 0.717) is 11.1 Å². The molecule has 0 N–H and O–H groups in total. The molecule has 0 aliphatic carbocycles. The SMILES string of the molecule is C=C(C)c1c(C(=O)[O-])nn2ccc(Oc3ncccc3OCC(F)(F)F)cc12.[Li+]. The summed E-state index contributed by atoms with van der Waals surface area (Å²) in [6.45, 7) is 3.86. The van der Waals surface area contributed by atoms with E-state index in [1.54, 1.807) is 6.92 Å². The van der Waals surface area contributed by atoms with Crippen molar-refractivity contribution in [3.05, 3.63) is 54.5 Å². The van der Waals surface area contributed by atoms with Crippen LogP contribution >= 0.6 is 0 Å². The van der Waals surface area contributed by atoms with Crippen LogP contribution in [-0.4, -0.2) is 33.4 Å². The first-order chi connectivity index (χ1) is 13.2. The molecule has 3 aromatic heterocycles. The fourth-order valence-electron chi connectivity index (χ4n) is 2.49. The smallest absolute Gasteiger partial charge is 0.543 e. The number of fused-ring (bicyclic) bond motifs is 1. The monoisotopic (exact) mass is 399 g/mol. The Hall–Kier alpha value is -2.96. The van der Waals surface area contributed by atoms with E-state index in [-0.39, 0.29) is 47.5 Å². The van der Waals surface area contributed by atoms with Crippen LogP contribution in [0.3, 0.4) is 0 Å². The molecule has 0 fully saturated rings. The average molecular weight is 399 g/mol. The molecule has 0 amide bonds. The van der Waals surface area contributed by atoms with E-state index in [2.05, 4.69) is 16.7 Å². The zero-order chi connectivity index (χ0) is 20.5. The summed E-state index contributed by atoms with van der Waals surface area (Å²) in [6.07, 6.45) is -1.75. The molecule has 7 nitrogen and oxygen atoms in total. The van der Waals surface area contributed by atoms with Gasteiger partial charge in [0, 0.05) is 24.0 Å². The van der Waals surface area contributed by atoms with Crippen molar-refractivity contribution in [1.82, 2.24) is 14.6 Å². The summed E-state index contributed by atoms with van der Waals surface area (Å²) < 4.78 is 48.8. The topological polar surface area (TPSA) is 88.8 Å². The maximum atomic E-state index is 12.4. The van der Waals surface area contributed by atoms with E-state index in [1.807, 2.05) is 0 Å². The number of aromatic carboxylic acids is 1. The summed E-state index contributed by atoms with van der Waals surface area (Å²) in [6, 6.07) is 5.61. The first-order valence-corrected chi connectivity index (χ1v) is 7.88. The van der Waals surface area contributed by atoms with Gasteiger partial charge >= 0.3 is 25.0 Å². The van der Waals surface area contributed by atoms with Crippen LogP contribution in [0, 0.1) is 0 Å². The molecule has 3 heterocycles. The van der Waals surface area contributed by atoms with Gasteiger partial charge in [-0.3, -0.25) is 0 Å². The Morgan fingerprint density at radius 2 is 2.07 bits per heavy atom. The van der Waals surface area contributed by atoms with Gasteiger partial charge in [0.05, 0.1) is 11.5 Å². The maximum absolute atomic E-state index is 12.4. The van der Waals surface area contributed by atoms with Gasteiger partial charge in [-0.1, -0.05) is 6.58 Å².